The van der Waals surface area contributed by atoms with E-state index in [1.807, 2.05) is 30.3 Å². The summed E-state index contributed by atoms with van der Waals surface area (Å²) in [6.45, 7) is 4.24. The second-order valence-corrected chi connectivity index (χ2v) is 8.86. The van der Waals surface area contributed by atoms with Gasteiger partial charge in [-0.25, -0.2) is 4.39 Å². The van der Waals surface area contributed by atoms with Gasteiger partial charge >= 0.3 is 6.11 Å². The monoisotopic (exact) mass is 452 g/mol. The average molecular weight is 453 g/mol. The Bertz CT molecular complexity index is 1100. The molecule has 1 aliphatic rings. The van der Waals surface area contributed by atoms with E-state index in [1.54, 1.807) is 18.2 Å². The van der Waals surface area contributed by atoms with Crippen LogP contribution in [0.5, 0.6) is 5.75 Å². The first kappa shape index (κ1) is 23.4. The topological polar surface area (TPSA) is 9.23 Å². The van der Waals surface area contributed by atoms with Crippen molar-refractivity contribution in [1.29, 1.82) is 0 Å². The highest BCUT2D eigenvalue weighted by molar-refractivity contribution is 5.80. The molecular formula is C29H31F3O. The van der Waals surface area contributed by atoms with Crippen LogP contribution in [-0.2, 0) is 19.0 Å². The maximum Gasteiger partial charge on any atom is 0.427 e. The number of benzene rings is 3. The van der Waals surface area contributed by atoms with Gasteiger partial charge in [0.1, 0.15) is 0 Å². The maximum atomic E-state index is 15.2. The fourth-order valence-corrected chi connectivity index (χ4v) is 4.51. The van der Waals surface area contributed by atoms with Crippen LogP contribution in [0, 0.1) is 5.82 Å². The van der Waals surface area contributed by atoms with E-state index in [1.165, 1.54) is 30.9 Å². The summed E-state index contributed by atoms with van der Waals surface area (Å²) in [5.74, 6) is -0.998. The first-order valence-electron chi connectivity index (χ1n) is 12.1. The molecule has 0 saturated heterocycles. The third kappa shape index (κ3) is 4.95. The van der Waals surface area contributed by atoms with Gasteiger partial charge in [-0.15, -0.1) is 0 Å². The van der Waals surface area contributed by atoms with Crippen LogP contribution in [0.2, 0.25) is 0 Å². The Morgan fingerprint density at radius 2 is 1.42 bits per heavy atom. The normalized spacial score (nSPS) is 13.8. The Hall–Kier alpha value is -2.75. The second kappa shape index (κ2) is 10.0. The summed E-state index contributed by atoms with van der Waals surface area (Å²) in [4.78, 5) is 0. The summed E-state index contributed by atoms with van der Waals surface area (Å²) in [6.07, 6.45) is 4.39. The molecule has 3 aromatic rings. The Morgan fingerprint density at radius 3 is 2.15 bits per heavy atom. The van der Waals surface area contributed by atoms with Gasteiger partial charge in [0, 0.05) is 5.56 Å². The molecule has 1 nitrogen and oxygen atoms in total. The second-order valence-electron chi connectivity index (χ2n) is 8.86. The minimum Gasteiger partial charge on any atom is -0.425 e. The van der Waals surface area contributed by atoms with Gasteiger partial charge in [0.2, 0.25) is 0 Å². The smallest absolute Gasteiger partial charge is 0.425 e. The van der Waals surface area contributed by atoms with E-state index in [4.69, 9.17) is 4.74 Å². The summed E-state index contributed by atoms with van der Waals surface area (Å²) in [5, 5.41) is 0. The summed E-state index contributed by atoms with van der Waals surface area (Å²) >= 11 is 0. The SMILES string of the molecule is CCCCCCCCc1ccc2c(c1F)OC(F)(F)c1cc(-c3ccc(CC)cc3)ccc1-2. The van der Waals surface area contributed by atoms with Crippen LogP contribution in [-0.4, -0.2) is 0 Å². The zero-order valence-corrected chi connectivity index (χ0v) is 19.4. The standard InChI is InChI=1S/C29H31F3O/c1-3-5-6-7-8-9-10-22-15-18-25-24-17-16-23(21-13-11-20(4-2)12-14-21)19-26(24)29(31,32)33-28(25)27(22)30/h11-19H,3-10H2,1-2H3. The number of rotatable bonds is 9. The van der Waals surface area contributed by atoms with Gasteiger partial charge in [-0.2, -0.15) is 8.78 Å². The zero-order valence-electron chi connectivity index (χ0n) is 19.4. The summed E-state index contributed by atoms with van der Waals surface area (Å²) < 4.78 is 50.3. The van der Waals surface area contributed by atoms with Crippen molar-refractivity contribution in [3.63, 3.8) is 0 Å². The Labute approximate surface area is 194 Å². The molecule has 0 aromatic heterocycles. The lowest BCUT2D eigenvalue weighted by Crippen LogP contribution is -2.27. The van der Waals surface area contributed by atoms with Crippen LogP contribution >= 0.6 is 0 Å². The highest BCUT2D eigenvalue weighted by atomic mass is 19.3. The number of ether oxygens (including phenoxy) is 1. The van der Waals surface area contributed by atoms with Crippen molar-refractivity contribution < 1.29 is 17.9 Å². The van der Waals surface area contributed by atoms with Crippen molar-refractivity contribution in [1.82, 2.24) is 0 Å². The summed E-state index contributed by atoms with van der Waals surface area (Å²) in [7, 11) is 0. The van der Waals surface area contributed by atoms with Crippen LogP contribution in [0.3, 0.4) is 0 Å². The van der Waals surface area contributed by atoms with E-state index < -0.39 is 11.9 Å². The van der Waals surface area contributed by atoms with Crippen LogP contribution in [0.15, 0.2) is 54.6 Å². The molecule has 0 bridgehead atoms. The van der Waals surface area contributed by atoms with Gasteiger partial charge in [-0.05, 0) is 53.1 Å². The molecule has 174 valence electrons. The number of hydrogen-bond acceptors (Lipinski definition) is 1. The van der Waals surface area contributed by atoms with Crippen LogP contribution in [0.1, 0.15) is 69.1 Å². The predicted octanol–water partition coefficient (Wildman–Crippen LogP) is 9.07. The Balaban J connectivity index is 1.60. The van der Waals surface area contributed by atoms with E-state index in [-0.39, 0.29) is 11.3 Å². The molecule has 0 radical (unpaired) electrons. The van der Waals surface area contributed by atoms with E-state index >= 15 is 13.2 Å². The summed E-state index contributed by atoms with van der Waals surface area (Å²) in [5.41, 5.74) is 3.64. The molecule has 4 heteroatoms. The minimum atomic E-state index is -3.60. The molecular weight excluding hydrogens is 421 g/mol. The molecule has 0 saturated carbocycles. The molecule has 0 unspecified atom stereocenters. The highest BCUT2D eigenvalue weighted by Gasteiger charge is 2.43. The Morgan fingerprint density at radius 1 is 0.758 bits per heavy atom. The van der Waals surface area contributed by atoms with Gasteiger partial charge in [-0.3, -0.25) is 0 Å². The Kier molecular flexibility index (Phi) is 7.11. The van der Waals surface area contributed by atoms with Gasteiger partial charge in [0.25, 0.3) is 0 Å². The number of alkyl halides is 2. The molecule has 0 spiro atoms. The molecule has 1 aliphatic heterocycles. The average Bonchev–Trinajstić information content (AvgIpc) is 2.83. The van der Waals surface area contributed by atoms with Gasteiger partial charge < -0.3 is 4.74 Å². The van der Waals surface area contributed by atoms with Crippen molar-refractivity contribution in [2.24, 2.45) is 0 Å². The number of fused-ring (bicyclic) bond motifs is 3. The van der Waals surface area contributed by atoms with E-state index in [0.29, 0.717) is 28.7 Å². The van der Waals surface area contributed by atoms with E-state index in [2.05, 4.69) is 13.8 Å². The van der Waals surface area contributed by atoms with Crippen LogP contribution in [0.25, 0.3) is 22.3 Å². The van der Waals surface area contributed by atoms with Crippen molar-refractivity contribution in [3.8, 4) is 28.0 Å². The van der Waals surface area contributed by atoms with Crippen molar-refractivity contribution in [3.05, 3.63) is 77.1 Å². The minimum absolute atomic E-state index is 0.227. The zero-order chi connectivity index (χ0) is 23.4. The van der Waals surface area contributed by atoms with Crippen LogP contribution in [0.4, 0.5) is 13.2 Å². The molecule has 3 aromatic carbocycles. The third-order valence-corrected chi connectivity index (χ3v) is 6.53. The number of aryl methyl sites for hydroxylation is 2. The lowest BCUT2D eigenvalue weighted by Gasteiger charge is -2.29. The molecule has 0 aliphatic carbocycles. The summed E-state index contributed by atoms with van der Waals surface area (Å²) in [6, 6.07) is 16.2. The van der Waals surface area contributed by atoms with Crippen molar-refractivity contribution >= 4 is 0 Å². The molecule has 0 fully saturated rings. The lowest BCUT2D eigenvalue weighted by atomic mass is 9.90. The third-order valence-electron chi connectivity index (χ3n) is 6.53. The van der Waals surface area contributed by atoms with Crippen LogP contribution < -0.4 is 4.74 Å². The van der Waals surface area contributed by atoms with Gasteiger partial charge in [0.05, 0.1) is 5.56 Å². The lowest BCUT2D eigenvalue weighted by molar-refractivity contribution is -0.188. The van der Waals surface area contributed by atoms with Crippen molar-refractivity contribution in [2.75, 3.05) is 0 Å². The number of halogens is 3. The van der Waals surface area contributed by atoms with Gasteiger partial charge in [0.15, 0.2) is 11.6 Å². The number of hydrogen-bond donors (Lipinski definition) is 0. The first-order chi connectivity index (χ1) is 15.9. The molecule has 4 rings (SSSR count). The quantitative estimate of drug-likeness (QED) is 0.294. The number of unbranched alkanes of at least 4 members (excludes halogenated alkanes) is 5. The van der Waals surface area contributed by atoms with Crippen molar-refractivity contribution in [2.45, 2.75) is 71.3 Å². The molecule has 1 heterocycles. The molecule has 0 N–H and O–H groups in total. The van der Waals surface area contributed by atoms with E-state index in [9.17, 15) is 0 Å². The largest absolute Gasteiger partial charge is 0.427 e. The molecule has 0 amide bonds. The maximum absolute atomic E-state index is 15.2. The fourth-order valence-electron chi connectivity index (χ4n) is 4.51. The predicted molar refractivity (Wildman–Crippen MR) is 128 cm³/mol. The fraction of sp³-hybridized carbons (Fsp3) is 0.379. The highest BCUT2D eigenvalue weighted by Crippen LogP contribution is 2.49. The molecule has 33 heavy (non-hydrogen) atoms. The van der Waals surface area contributed by atoms with E-state index in [0.717, 1.165) is 31.2 Å². The van der Waals surface area contributed by atoms with Gasteiger partial charge in [-0.1, -0.05) is 94.5 Å². The molecule has 0 atom stereocenters. The first-order valence-corrected chi connectivity index (χ1v) is 12.1.